The van der Waals surface area contributed by atoms with Crippen molar-refractivity contribution < 1.29 is 9.13 Å². The van der Waals surface area contributed by atoms with E-state index < -0.39 is 0 Å². The summed E-state index contributed by atoms with van der Waals surface area (Å²) in [6, 6.07) is 5.98. The maximum Gasteiger partial charge on any atom is 0.125 e. The first-order valence-corrected chi connectivity index (χ1v) is 7.85. The third-order valence-corrected chi connectivity index (χ3v) is 3.63. The van der Waals surface area contributed by atoms with Crippen LogP contribution in [0, 0.1) is 11.7 Å². The topological polar surface area (TPSA) is 24.5 Å². The first-order valence-electron chi connectivity index (χ1n) is 7.85. The molecule has 1 aromatic carbocycles. The van der Waals surface area contributed by atoms with Crippen LogP contribution in [0.4, 0.5) is 10.1 Å². The number of rotatable bonds is 9. The molecule has 1 aliphatic carbocycles. The summed E-state index contributed by atoms with van der Waals surface area (Å²) in [5.74, 6) is 0.365. The van der Waals surface area contributed by atoms with Gasteiger partial charge in [0.05, 0.1) is 6.61 Å². The van der Waals surface area contributed by atoms with Crippen molar-refractivity contribution in [3.63, 3.8) is 0 Å². The molecule has 4 heteroatoms. The maximum absolute atomic E-state index is 13.9. The molecule has 0 radical (unpaired) electrons. The van der Waals surface area contributed by atoms with Crippen molar-refractivity contribution in [2.24, 2.45) is 5.92 Å². The fraction of sp³-hybridized carbons (Fsp3) is 0.647. The average Bonchev–Trinajstić information content (AvgIpc) is 3.24. The molecule has 0 spiro atoms. The predicted octanol–water partition coefficient (Wildman–Crippen LogP) is 3.19. The molecule has 0 amide bonds. The summed E-state index contributed by atoms with van der Waals surface area (Å²) in [6.45, 7) is 7.44. The molecule has 1 fully saturated rings. The number of benzene rings is 1. The normalized spacial score (nSPS) is 14.7. The van der Waals surface area contributed by atoms with E-state index in [0.29, 0.717) is 18.6 Å². The van der Waals surface area contributed by atoms with Gasteiger partial charge in [0.1, 0.15) is 5.82 Å². The first-order chi connectivity index (χ1) is 10.1. The minimum atomic E-state index is -0.161. The molecular weight excluding hydrogens is 267 g/mol. The number of anilines is 1. The van der Waals surface area contributed by atoms with E-state index in [2.05, 4.69) is 30.1 Å². The zero-order valence-electron chi connectivity index (χ0n) is 13.4. The van der Waals surface area contributed by atoms with Crippen molar-refractivity contribution in [2.75, 3.05) is 31.7 Å². The van der Waals surface area contributed by atoms with Gasteiger partial charge >= 0.3 is 0 Å². The second-order valence-corrected chi connectivity index (χ2v) is 6.31. The van der Waals surface area contributed by atoms with Crippen LogP contribution in [0.15, 0.2) is 18.2 Å². The van der Waals surface area contributed by atoms with Crippen molar-refractivity contribution in [3.05, 3.63) is 29.6 Å². The number of halogens is 1. The molecule has 1 aromatic rings. The van der Waals surface area contributed by atoms with Crippen LogP contribution in [0.3, 0.4) is 0 Å². The summed E-state index contributed by atoms with van der Waals surface area (Å²) < 4.78 is 19.1. The van der Waals surface area contributed by atoms with Gasteiger partial charge in [-0.1, -0.05) is 13.8 Å². The molecule has 21 heavy (non-hydrogen) atoms. The molecule has 3 nitrogen and oxygen atoms in total. The highest BCUT2D eigenvalue weighted by Crippen LogP contribution is 2.22. The Balaban J connectivity index is 2.08. The second kappa shape index (κ2) is 7.76. The van der Waals surface area contributed by atoms with Crippen LogP contribution in [-0.2, 0) is 11.3 Å². The lowest BCUT2D eigenvalue weighted by Crippen LogP contribution is -2.31. The highest BCUT2D eigenvalue weighted by Gasteiger charge is 2.20. The van der Waals surface area contributed by atoms with E-state index in [9.17, 15) is 4.39 Å². The zero-order chi connectivity index (χ0) is 15.2. The molecule has 1 N–H and O–H groups in total. The van der Waals surface area contributed by atoms with Crippen LogP contribution in [0.5, 0.6) is 0 Å². The molecular formula is C17H27FN2O. The van der Waals surface area contributed by atoms with Gasteiger partial charge in [0.2, 0.25) is 0 Å². The summed E-state index contributed by atoms with van der Waals surface area (Å²) in [6.07, 6.45) is 2.49. The second-order valence-electron chi connectivity index (χ2n) is 6.31. The van der Waals surface area contributed by atoms with Gasteiger partial charge in [-0.3, -0.25) is 0 Å². The Hall–Kier alpha value is -1.13. The highest BCUT2D eigenvalue weighted by atomic mass is 19.1. The highest BCUT2D eigenvalue weighted by molar-refractivity contribution is 5.49. The SMILES string of the molecule is COCCN(CC(C)C)c1cc(F)cc(CNC2CC2)c1. The number of hydrogen-bond donors (Lipinski definition) is 1. The van der Waals surface area contributed by atoms with Crippen LogP contribution >= 0.6 is 0 Å². The van der Waals surface area contributed by atoms with Crippen LogP contribution in [0.25, 0.3) is 0 Å². The van der Waals surface area contributed by atoms with Gasteiger partial charge in [0.25, 0.3) is 0 Å². The molecule has 0 aromatic heterocycles. The molecule has 0 heterocycles. The molecule has 0 atom stereocenters. The van der Waals surface area contributed by atoms with Gasteiger partial charge < -0.3 is 15.0 Å². The molecule has 0 saturated heterocycles. The smallest absolute Gasteiger partial charge is 0.125 e. The molecule has 0 bridgehead atoms. The van der Waals surface area contributed by atoms with Gasteiger partial charge in [0.15, 0.2) is 0 Å². The molecule has 0 unspecified atom stereocenters. The summed E-state index contributed by atoms with van der Waals surface area (Å²) in [5.41, 5.74) is 1.97. The molecule has 0 aliphatic heterocycles. The van der Waals surface area contributed by atoms with Crippen molar-refractivity contribution in [3.8, 4) is 0 Å². The third kappa shape index (κ3) is 5.64. The average molecular weight is 294 g/mol. The van der Waals surface area contributed by atoms with E-state index in [4.69, 9.17) is 4.74 Å². The summed E-state index contributed by atoms with van der Waals surface area (Å²) >= 11 is 0. The van der Waals surface area contributed by atoms with Crippen LogP contribution in [0.1, 0.15) is 32.3 Å². The Morgan fingerprint density at radius 2 is 2.10 bits per heavy atom. The fourth-order valence-corrected chi connectivity index (χ4v) is 2.44. The minimum absolute atomic E-state index is 0.161. The number of nitrogens with zero attached hydrogens (tertiary/aromatic N) is 1. The van der Waals surface area contributed by atoms with E-state index in [1.807, 2.05) is 0 Å². The summed E-state index contributed by atoms with van der Waals surface area (Å²) in [4.78, 5) is 2.21. The Bertz CT molecular complexity index is 446. The molecule has 118 valence electrons. The van der Waals surface area contributed by atoms with E-state index >= 15 is 0 Å². The van der Waals surface area contributed by atoms with Crippen molar-refractivity contribution in [2.45, 2.75) is 39.3 Å². The maximum atomic E-state index is 13.9. The van der Waals surface area contributed by atoms with Crippen molar-refractivity contribution >= 4 is 5.69 Å². The Labute approximate surface area is 127 Å². The van der Waals surface area contributed by atoms with Crippen LogP contribution in [-0.4, -0.2) is 32.8 Å². The van der Waals surface area contributed by atoms with E-state index in [0.717, 1.165) is 30.9 Å². The first kappa shape index (κ1) is 16.2. The summed E-state index contributed by atoms with van der Waals surface area (Å²) in [5, 5.41) is 3.44. The molecule has 1 aliphatic rings. The fourth-order valence-electron chi connectivity index (χ4n) is 2.44. The third-order valence-electron chi connectivity index (χ3n) is 3.63. The van der Waals surface area contributed by atoms with Crippen LogP contribution in [0.2, 0.25) is 0 Å². The number of hydrogen-bond acceptors (Lipinski definition) is 3. The minimum Gasteiger partial charge on any atom is -0.383 e. The lowest BCUT2D eigenvalue weighted by atomic mass is 10.1. The van der Waals surface area contributed by atoms with E-state index in [1.54, 1.807) is 19.2 Å². The Morgan fingerprint density at radius 3 is 2.71 bits per heavy atom. The Morgan fingerprint density at radius 1 is 1.33 bits per heavy atom. The van der Waals surface area contributed by atoms with Gasteiger partial charge in [-0.2, -0.15) is 0 Å². The lowest BCUT2D eigenvalue weighted by molar-refractivity contribution is 0.204. The Kier molecular flexibility index (Phi) is 6.00. The monoisotopic (exact) mass is 294 g/mol. The van der Waals surface area contributed by atoms with Crippen LogP contribution < -0.4 is 10.2 Å². The lowest BCUT2D eigenvalue weighted by Gasteiger charge is -2.27. The van der Waals surface area contributed by atoms with E-state index in [-0.39, 0.29) is 5.82 Å². The summed E-state index contributed by atoms with van der Waals surface area (Å²) in [7, 11) is 1.70. The number of methoxy groups -OCH3 is 1. The van der Waals surface area contributed by atoms with Gasteiger partial charge in [-0.15, -0.1) is 0 Å². The molecule has 2 rings (SSSR count). The van der Waals surface area contributed by atoms with Crippen molar-refractivity contribution in [1.29, 1.82) is 0 Å². The standard InChI is InChI=1S/C17H27FN2O/c1-13(2)12-20(6-7-21-3)17-9-14(8-15(18)10-17)11-19-16-4-5-16/h8-10,13,16,19H,4-7,11-12H2,1-3H3. The van der Waals surface area contributed by atoms with Gasteiger partial charge in [0, 0.05) is 38.5 Å². The molecule has 1 saturated carbocycles. The number of nitrogens with one attached hydrogen (secondary N) is 1. The number of ether oxygens (including phenoxy) is 1. The van der Waals surface area contributed by atoms with Crippen molar-refractivity contribution in [1.82, 2.24) is 5.32 Å². The quantitative estimate of drug-likeness (QED) is 0.757. The van der Waals surface area contributed by atoms with E-state index in [1.165, 1.54) is 12.8 Å². The predicted molar refractivity (Wildman–Crippen MR) is 85.2 cm³/mol. The van der Waals surface area contributed by atoms with Gasteiger partial charge in [-0.05, 0) is 42.5 Å². The zero-order valence-corrected chi connectivity index (χ0v) is 13.4. The largest absolute Gasteiger partial charge is 0.383 e. The van der Waals surface area contributed by atoms with Gasteiger partial charge in [-0.25, -0.2) is 4.39 Å².